The molecule has 3 fully saturated rings. The number of hydrogen-bond acceptors (Lipinski definition) is 13. The number of hydrogen-bond donors (Lipinski definition) is 3. The second kappa shape index (κ2) is 15.4. The van der Waals surface area contributed by atoms with Gasteiger partial charge in [-0.2, -0.15) is 0 Å². The first-order valence-corrected chi connectivity index (χ1v) is 20.5. The summed E-state index contributed by atoms with van der Waals surface area (Å²) < 4.78 is 12.7. The van der Waals surface area contributed by atoms with Crippen LogP contribution in [0.5, 0.6) is 5.88 Å². The highest BCUT2D eigenvalue weighted by atomic mass is 16.5. The Labute approximate surface area is 340 Å². The highest BCUT2D eigenvalue weighted by Gasteiger charge is 2.32. The molecule has 0 radical (unpaired) electrons. The number of piperazine rings is 1. The molecular formula is C44H46N10O5. The lowest BCUT2D eigenvalue weighted by molar-refractivity contribution is -0.135. The number of aromatic nitrogens is 4. The van der Waals surface area contributed by atoms with Gasteiger partial charge in [0.2, 0.25) is 23.6 Å². The number of anilines is 5. The Kier molecular flexibility index (Phi) is 9.59. The summed E-state index contributed by atoms with van der Waals surface area (Å²) in [4.78, 5) is 58.2. The van der Waals surface area contributed by atoms with Crippen LogP contribution in [0.25, 0.3) is 33.1 Å². The first-order valence-electron chi connectivity index (χ1n) is 20.5. The van der Waals surface area contributed by atoms with Crippen LogP contribution in [0.15, 0.2) is 82.3 Å². The summed E-state index contributed by atoms with van der Waals surface area (Å²) in [6.45, 7) is 10.3. The van der Waals surface area contributed by atoms with Crippen LogP contribution >= 0.6 is 0 Å². The molecule has 15 heteroatoms. The number of rotatable bonds is 8. The van der Waals surface area contributed by atoms with Crippen molar-refractivity contribution < 1.29 is 18.7 Å². The van der Waals surface area contributed by atoms with Crippen LogP contribution in [0.4, 0.5) is 28.7 Å². The number of piperidine rings is 2. The molecule has 6 aromatic rings. The van der Waals surface area contributed by atoms with E-state index in [4.69, 9.17) is 14.1 Å². The summed E-state index contributed by atoms with van der Waals surface area (Å²) in [6.07, 6.45) is 6.51. The van der Waals surface area contributed by atoms with Gasteiger partial charge in [0.1, 0.15) is 18.3 Å². The Hall–Kier alpha value is -6.48. The lowest BCUT2D eigenvalue weighted by Crippen LogP contribution is -2.49. The number of pyridine rings is 1. The Morgan fingerprint density at radius 3 is 2.46 bits per heavy atom. The van der Waals surface area contributed by atoms with Gasteiger partial charge in [0.15, 0.2) is 5.58 Å². The lowest BCUT2D eigenvalue weighted by Gasteiger charge is -2.40. The van der Waals surface area contributed by atoms with E-state index in [0.717, 1.165) is 110 Å². The average Bonchev–Trinajstić information content (AvgIpc) is 3.59. The van der Waals surface area contributed by atoms with E-state index in [1.807, 2.05) is 30.6 Å². The molecule has 10 rings (SSSR count). The SMILES string of the molecule is Cc1c(-c2ccc3cnc(Nc4ccc(N5CCC(CN6CCN(c7ccc8c(c7)oc(=O)n8C7CCC(=O)NC7=O)CC6)CC5)cc4)nc3c2)cnc2c1NCCO2. The molecule has 0 bridgehead atoms. The van der Waals surface area contributed by atoms with E-state index in [1.54, 1.807) is 0 Å². The van der Waals surface area contributed by atoms with Gasteiger partial charge in [0.05, 0.1) is 11.0 Å². The molecule has 59 heavy (non-hydrogen) atoms. The van der Waals surface area contributed by atoms with Crippen LogP contribution in [0.2, 0.25) is 0 Å². The molecule has 3 aromatic heterocycles. The van der Waals surface area contributed by atoms with Gasteiger partial charge in [-0.3, -0.25) is 24.4 Å². The van der Waals surface area contributed by atoms with Crippen LogP contribution < -0.4 is 36.2 Å². The van der Waals surface area contributed by atoms with E-state index in [0.29, 0.717) is 35.5 Å². The van der Waals surface area contributed by atoms with Gasteiger partial charge in [-0.1, -0.05) is 12.1 Å². The van der Waals surface area contributed by atoms with E-state index < -0.39 is 17.7 Å². The van der Waals surface area contributed by atoms with Gasteiger partial charge in [-0.15, -0.1) is 0 Å². The van der Waals surface area contributed by atoms with E-state index in [-0.39, 0.29) is 18.7 Å². The summed E-state index contributed by atoms with van der Waals surface area (Å²) in [7, 11) is 0. The number of nitrogens with one attached hydrogen (secondary N) is 3. The van der Waals surface area contributed by atoms with Crippen molar-refractivity contribution in [2.45, 2.75) is 38.6 Å². The van der Waals surface area contributed by atoms with E-state index in [1.165, 1.54) is 10.3 Å². The molecule has 4 aliphatic rings. The summed E-state index contributed by atoms with van der Waals surface area (Å²) >= 11 is 0. The zero-order valence-electron chi connectivity index (χ0n) is 32.9. The molecule has 0 spiro atoms. The largest absolute Gasteiger partial charge is 0.474 e. The van der Waals surface area contributed by atoms with Gasteiger partial charge in [-0.05, 0) is 85.7 Å². The summed E-state index contributed by atoms with van der Waals surface area (Å²) in [5.74, 6) is 0.497. The van der Waals surface area contributed by atoms with Gasteiger partial charge in [0, 0.05) is 105 Å². The zero-order valence-corrected chi connectivity index (χ0v) is 32.9. The summed E-state index contributed by atoms with van der Waals surface area (Å²) in [5, 5.41) is 10.1. The minimum Gasteiger partial charge on any atom is -0.474 e. The average molecular weight is 795 g/mol. The fourth-order valence-electron chi connectivity index (χ4n) is 9.02. The molecule has 2 amide bonds. The normalized spacial score (nSPS) is 19.0. The molecular weight excluding hydrogens is 749 g/mol. The van der Waals surface area contributed by atoms with Gasteiger partial charge in [-0.25, -0.2) is 19.7 Å². The van der Waals surface area contributed by atoms with Gasteiger partial charge < -0.3 is 29.6 Å². The maximum atomic E-state index is 12.8. The molecule has 4 aliphatic heterocycles. The number of nitrogens with zero attached hydrogens (tertiary/aromatic N) is 7. The van der Waals surface area contributed by atoms with E-state index in [9.17, 15) is 14.4 Å². The lowest BCUT2D eigenvalue weighted by atomic mass is 9.95. The van der Waals surface area contributed by atoms with Crippen molar-refractivity contribution in [3.63, 3.8) is 0 Å². The van der Waals surface area contributed by atoms with Gasteiger partial charge in [0.25, 0.3) is 0 Å². The number of ether oxygens (including phenoxy) is 1. The number of fused-ring (bicyclic) bond motifs is 3. The van der Waals surface area contributed by atoms with Crippen molar-refractivity contribution in [3.8, 4) is 17.0 Å². The Morgan fingerprint density at radius 2 is 1.64 bits per heavy atom. The van der Waals surface area contributed by atoms with Crippen molar-refractivity contribution >= 4 is 62.5 Å². The van der Waals surface area contributed by atoms with Crippen molar-refractivity contribution in [1.29, 1.82) is 0 Å². The van der Waals surface area contributed by atoms with Crippen LogP contribution in [0.1, 0.15) is 37.3 Å². The van der Waals surface area contributed by atoms with E-state index >= 15 is 0 Å². The fraction of sp³-hybridized carbons (Fsp3) is 0.364. The third-order valence-corrected chi connectivity index (χ3v) is 12.3. The molecule has 3 aromatic carbocycles. The standard InChI is InChI=1S/C44H46N10O5/c1-27-34(25-46-42-40(27)45-14-21-58-42)29-2-3-30-24-47-43(49-35(30)22-29)48-31-4-6-32(7-5-31)52-15-12-28(13-16-52)26-51-17-19-53(20-18-51)33-8-9-36-38(23-33)59-44(57)54(36)37-10-11-39(55)50-41(37)56/h2-9,22-25,28,37,45H,10-21,26H2,1H3,(H,47,48,49)(H,50,55,56). The number of imide groups is 1. The van der Waals surface area contributed by atoms with Crippen LogP contribution in [-0.4, -0.2) is 95.2 Å². The maximum Gasteiger partial charge on any atom is 0.420 e. The van der Waals surface area contributed by atoms with Crippen LogP contribution in [0.3, 0.4) is 0 Å². The van der Waals surface area contributed by atoms with Crippen molar-refractivity contribution in [2.24, 2.45) is 5.92 Å². The Balaban J connectivity index is 0.711. The second-order valence-electron chi connectivity index (χ2n) is 16.0. The quantitative estimate of drug-likeness (QED) is 0.167. The van der Waals surface area contributed by atoms with E-state index in [2.05, 4.69) is 90.0 Å². The first-order chi connectivity index (χ1) is 28.8. The number of benzene rings is 3. The number of amides is 2. The zero-order chi connectivity index (χ0) is 40.0. The predicted octanol–water partition coefficient (Wildman–Crippen LogP) is 5.47. The molecule has 7 heterocycles. The summed E-state index contributed by atoms with van der Waals surface area (Å²) in [6, 6.07) is 19.8. The highest BCUT2D eigenvalue weighted by molar-refractivity contribution is 6.00. The number of carbonyl (C=O) groups is 2. The molecule has 3 N–H and O–H groups in total. The molecule has 1 atom stereocenters. The Bertz CT molecular complexity index is 2630. The molecule has 302 valence electrons. The monoisotopic (exact) mass is 794 g/mol. The first kappa shape index (κ1) is 36.8. The molecule has 1 unspecified atom stereocenters. The summed E-state index contributed by atoms with van der Waals surface area (Å²) in [5.41, 5.74) is 9.19. The minimum absolute atomic E-state index is 0.195. The maximum absolute atomic E-state index is 12.8. The molecule has 15 nitrogen and oxygen atoms in total. The van der Waals surface area contributed by atoms with Crippen LogP contribution in [0, 0.1) is 12.8 Å². The molecule has 3 saturated heterocycles. The highest BCUT2D eigenvalue weighted by Crippen LogP contribution is 2.36. The third-order valence-electron chi connectivity index (χ3n) is 12.3. The minimum atomic E-state index is -0.748. The second-order valence-corrected chi connectivity index (χ2v) is 16.0. The predicted molar refractivity (Wildman–Crippen MR) is 227 cm³/mol. The van der Waals surface area contributed by atoms with Crippen LogP contribution in [-0.2, 0) is 9.59 Å². The number of carbonyl (C=O) groups excluding carboxylic acids is 2. The fourth-order valence-corrected chi connectivity index (χ4v) is 9.02. The smallest absolute Gasteiger partial charge is 0.420 e. The Morgan fingerprint density at radius 1 is 0.847 bits per heavy atom. The topological polar surface area (TPSA) is 163 Å². The van der Waals surface area contributed by atoms with Crippen molar-refractivity contribution in [3.05, 3.63) is 89.2 Å². The molecule has 0 aliphatic carbocycles. The third kappa shape index (κ3) is 7.30. The molecule has 0 saturated carbocycles. The van der Waals surface area contributed by atoms with Gasteiger partial charge >= 0.3 is 5.76 Å². The number of oxazole rings is 1. The van der Waals surface area contributed by atoms with Crippen molar-refractivity contribution in [2.75, 3.05) is 79.4 Å². The van der Waals surface area contributed by atoms with Crippen molar-refractivity contribution in [1.82, 2.24) is 29.7 Å².